The number of benzene rings is 1. The number of hydrogen-bond acceptors (Lipinski definition) is 2. The molecule has 0 radical (unpaired) electrons. The monoisotopic (exact) mass is 272 g/mol. The number of piperidine rings is 1. The Kier molecular flexibility index (Phi) is 4.42. The minimum absolute atomic E-state index is 0.662. The van der Waals surface area contributed by atoms with E-state index in [1.54, 1.807) is 0 Å². The second-order valence-corrected chi connectivity index (χ2v) is 7.09. The van der Waals surface area contributed by atoms with Crippen molar-refractivity contribution in [2.24, 2.45) is 11.8 Å². The number of nitrogens with one attached hydrogen (secondary N) is 1. The number of rotatable bonds is 4. The molecule has 1 aliphatic heterocycles. The van der Waals surface area contributed by atoms with E-state index in [0.717, 1.165) is 24.4 Å². The average molecular weight is 272 g/mol. The van der Waals surface area contributed by atoms with Gasteiger partial charge in [0.25, 0.3) is 0 Å². The van der Waals surface area contributed by atoms with Crippen LogP contribution < -0.4 is 5.32 Å². The molecule has 1 aromatic rings. The van der Waals surface area contributed by atoms with Gasteiger partial charge in [-0.15, -0.1) is 0 Å². The fraction of sp³-hybridized carbons (Fsp3) is 0.667. The van der Waals surface area contributed by atoms with Crippen LogP contribution in [0.4, 0.5) is 0 Å². The summed E-state index contributed by atoms with van der Waals surface area (Å²) < 4.78 is 0. The van der Waals surface area contributed by atoms with E-state index < -0.39 is 0 Å². The van der Waals surface area contributed by atoms with Crippen molar-refractivity contribution in [3.63, 3.8) is 0 Å². The van der Waals surface area contributed by atoms with E-state index in [2.05, 4.69) is 54.4 Å². The van der Waals surface area contributed by atoms with Crippen LogP contribution in [-0.4, -0.2) is 30.1 Å². The van der Waals surface area contributed by atoms with Crippen LogP contribution in [0.3, 0.4) is 0 Å². The minimum Gasteiger partial charge on any atom is -0.309 e. The molecule has 0 aromatic heterocycles. The molecule has 20 heavy (non-hydrogen) atoms. The van der Waals surface area contributed by atoms with Gasteiger partial charge in [0.05, 0.1) is 0 Å². The van der Waals surface area contributed by atoms with Gasteiger partial charge in [-0.05, 0) is 36.7 Å². The first-order chi connectivity index (χ1) is 9.70. The van der Waals surface area contributed by atoms with Gasteiger partial charge in [0.15, 0.2) is 0 Å². The Labute approximate surface area is 123 Å². The zero-order chi connectivity index (χ0) is 13.9. The zero-order valence-electron chi connectivity index (χ0n) is 12.9. The summed E-state index contributed by atoms with van der Waals surface area (Å²) in [7, 11) is 0. The lowest BCUT2D eigenvalue weighted by Gasteiger charge is -2.47. The number of hydrogen-bond donors (Lipinski definition) is 1. The van der Waals surface area contributed by atoms with Crippen molar-refractivity contribution in [2.45, 2.75) is 51.7 Å². The summed E-state index contributed by atoms with van der Waals surface area (Å²) in [6, 6.07) is 12.3. The quantitative estimate of drug-likeness (QED) is 0.905. The Morgan fingerprint density at radius 3 is 2.45 bits per heavy atom. The van der Waals surface area contributed by atoms with Crippen LogP contribution in [0, 0.1) is 11.8 Å². The van der Waals surface area contributed by atoms with E-state index in [1.807, 2.05) is 0 Å². The molecule has 1 aromatic carbocycles. The molecule has 1 saturated carbocycles. The predicted molar refractivity (Wildman–Crippen MR) is 84.6 cm³/mol. The second kappa shape index (κ2) is 6.28. The SMILES string of the molecule is CC1CC(N2CC(C)CC(NCc3ccccc3)C2)C1. The molecule has 2 unspecified atom stereocenters. The van der Waals surface area contributed by atoms with Crippen LogP contribution in [0.15, 0.2) is 30.3 Å². The molecule has 2 fully saturated rings. The first-order valence-electron chi connectivity index (χ1n) is 8.22. The van der Waals surface area contributed by atoms with Gasteiger partial charge in [-0.2, -0.15) is 0 Å². The third-order valence-corrected chi connectivity index (χ3v) is 4.99. The van der Waals surface area contributed by atoms with Crippen LogP contribution in [0.2, 0.25) is 0 Å². The van der Waals surface area contributed by atoms with Crippen molar-refractivity contribution < 1.29 is 0 Å². The van der Waals surface area contributed by atoms with Gasteiger partial charge in [0.2, 0.25) is 0 Å². The van der Waals surface area contributed by atoms with Crippen molar-refractivity contribution >= 4 is 0 Å². The molecule has 0 bridgehead atoms. The van der Waals surface area contributed by atoms with Gasteiger partial charge in [-0.3, -0.25) is 4.90 Å². The fourth-order valence-corrected chi connectivity index (χ4v) is 3.85. The molecule has 110 valence electrons. The van der Waals surface area contributed by atoms with Crippen molar-refractivity contribution in [1.29, 1.82) is 0 Å². The smallest absolute Gasteiger partial charge is 0.0208 e. The molecule has 1 N–H and O–H groups in total. The summed E-state index contributed by atoms with van der Waals surface area (Å²) >= 11 is 0. The predicted octanol–water partition coefficient (Wildman–Crippen LogP) is 3.29. The molecule has 0 spiro atoms. The highest BCUT2D eigenvalue weighted by Crippen LogP contribution is 2.33. The Morgan fingerprint density at radius 1 is 1.00 bits per heavy atom. The van der Waals surface area contributed by atoms with Gasteiger partial charge < -0.3 is 5.32 Å². The average Bonchev–Trinajstić information content (AvgIpc) is 2.42. The molecular weight excluding hydrogens is 244 g/mol. The third-order valence-electron chi connectivity index (χ3n) is 4.99. The molecule has 1 heterocycles. The summed E-state index contributed by atoms with van der Waals surface area (Å²) in [6.07, 6.45) is 4.15. The van der Waals surface area contributed by atoms with Crippen molar-refractivity contribution in [1.82, 2.24) is 10.2 Å². The van der Waals surface area contributed by atoms with Gasteiger partial charge in [-0.25, -0.2) is 0 Å². The largest absolute Gasteiger partial charge is 0.309 e. The summed E-state index contributed by atoms with van der Waals surface area (Å²) in [6.45, 7) is 8.35. The van der Waals surface area contributed by atoms with Crippen LogP contribution in [-0.2, 0) is 6.54 Å². The topological polar surface area (TPSA) is 15.3 Å². The lowest BCUT2D eigenvalue weighted by Crippen LogP contribution is -2.55. The normalized spacial score (nSPS) is 34.7. The van der Waals surface area contributed by atoms with Crippen LogP contribution in [0.1, 0.15) is 38.7 Å². The van der Waals surface area contributed by atoms with E-state index in [-0.39, 0.29) is 0 Å². The second-order valence-electron chi connectivity index (χ2n) is 7.09. The van der Waals surface area contributed by atoms with E-state index in [4.69, 9.17) is 0 Å². The maximum absolute atomic E-state index is 3.77. The molecule has 2 aliphatic rings. The third kappa shape index (κ3) is 3.42. The molecular formula is C18H28N2. The number of nitrogens with zero attached hydrogens (tertiary/aromatic N) is 1. The molecule has 1 saturated heterocycles. The number of likely N-dealkylation sites (tertiary alicyclic amines) is 1. The molecule has 3 rings (SSSR count). The van der Waals surface area contributed by atoms with Gasteiger partial charge in [0, 0.05) is 31.7 Å². The van der Waals surface area contributed by atoms with Gasteiger partial charge >= 0.3 is 0 Å². The first-order valence-corrected chi connectivity index (χ1v) is 8.22. The van der Waals surface area contributed by atoms with Crippen molar-refractivity contribution in [2.75, 3.05) is 13.1 Å². The molecule has 2 heteroatoms. The van der Waals surface area contributed by atoms with E-state index >= 15 is 0 Å². The lowest BCUT2D eigenvalue weighted by molar-refractivity contribution is 0.0373. The zero-order valence-corrected chi connectivity index (χ0v) is 12.9. The standard InChI is InChI=1S/C18H28N2/c1-14-9-18(10-14)20-12-15(2)8-17(13-20)19-11-16-6-4-3-5-7-16/h3-7,14-15,17-19H,8-13H2,1-2H3. The summed E-state index contributed by atoms with van der Waals surface area (Å²) in [5.74, 6) is 1.78. The van der Waals surface area contributed by atoms with Crippen LogP contribution >= 0.6 is 0 Å². The summed E-state index contributed by atoms with van der Waals surface area (Å²) in [5.41, 5.74) is 1.40. The highest BCUT2D eigenvalue weighted by molar-refractivity contribution is 5.14. The summed E-state index contributed by atoms with van der Waals surface area (Å²) in [4.78, 5) is 2.75. The Hall–Kier alpha value is -0.860. The van der Waals surface area contributed by atoms with Crippen LogP contribution in [0.5, 0.6) is 0 Å². The highest BCUT2D eigenvalue weighted by atomic mass is 15.2. The maximum Gasteiger partial charge on any atom is 0.0208 e. The maximum atomic E-state index is 3.77. The lowest BCUT2D eigenvalue weighted by atomic mass is 9.79. The fourth-order valence-electron chi connectivity index (χ4n) is 3.85. The molecule has 2 nitrogen and oxygen atoms in total. The Bertz CT molecular complexity index is 411. The molecule has 0 amide bonds. The van der Waals surface area contributed by atoms with Gasteiger partial charge in [0.1, 0.15) is 0 Å². The van der Waals surface area contributed by atoms with Crippen LogP contribution in [0.25, 0.3) is 0 Å². The van der Waals surface area contributed by atoms with E-state index in [9.17, 15) is 0 Å². The molecule has 2 atom stereocenters. The van der Waals surface area contributed by atoms with E-state index in [0.29, 0.717) is 6.04 Å². The summed E-state index contributed by atoms with van der Waals surface area (Å²) in [5, 5.41) is 3.77. The Balaban J connectivity index is 1.51. The van der Waals surface area contributed by atoms with Gasteiger partial charge in [-0.1, -0.05) is 44.2 Å². The van der Waals surface area contributed by atoms with E-state index in [1.165, 1.54) is 37.9 Å². The highest BCUT2D eigenvalue weighted by Gasteiger charge is 2.35. The minimum atomic E-state index is 0.662. The van der Waals surface area contributed by atoms with Crippen molar-refractivity contribution in [3.05, 3.63) is 35.9 Å². The first kappa shape index (κ1) is 14.1. The molecule has 1 aliphatic carbocycles. The Morgan fingerprint density at radius 2 is 1.75 bits per heavy atom. The van der Waals surface area contributed by atoms with Crippen molar-refractivity contribution in [3.8, 4) is 0 Å².